The zero-order valence-electron chi connectivity index (χ0n) is 10.3. The molecule has 0 radical (unpaired) electrons. The fraction of sp³-hybridized carbons (Fsp3) is 0.200. The maximum Gasteiger partial charge on any atom is 0.0924 e. The molecule has 0 aliphatic carbocycles. The molecule has 2 aromatic rings. The highest BCUT2D eigenvalue weighted by Crippen LogP contribution is 2.21. The highest BCUT2D eigenvalue weighted by atomic mass is 28.2. The molecule has 17 heavy (non-hydrogen) atoms. The van der Waals surface area contributed by atoms with Crippen molar-refractivity contribution in [1.29, 1.82) is 0 Å². The van der Waals surface area contributed by atoms with Gasteiger partial charge in [-0.05, 0) is 11.1 Å². The number of benzene rings is 2. The fourth-order valence-corrected chi connectivity index (χ4v) is 3.06. The Hall–Kier alpha value is -1.38. The second-order valence-corrected chi connectivity index (χ2v) is 6.12. The number of rotatable bonds is 5. The summed E-state index contributed by atoms with van der Waals surface area (Å²) in [7, 11) is -0.163. The van der Waals surface area contributed by atoms with Crippen molar-refractivity contribution < 1.29 is 0 Å². The molecule has 0 amide bonds. The van der Waals surface area contributed by atoms with Gasteiger partial charge in [0.1, 0.15) is 0 Å². The van der Waals surface area contributed by atoms with E-state index >= 15 is 0 Å². The van der Waals surface area contributed by atoms with Crippen LogP contribution in [-0.2, 0) is 0 Å². The van der Waals surface area contributed by atoms with Crippen LogP contribution in [0.5, 0.6) is 0 Å². The van der Waals surface area contributed by atoms with Crippen molar-refractivity contribution in [2.24, 2.45) is 0 Å². The van der Waals surface area contributed by atoms with E-state index in [0.717, 1.165) is 0 Å². The van der Waals surface area contributed by atoms with Crippen LogP contribution in [-0.4, -0.2) is 9.68 Å². The predicted octanol–water partition coefficient (Wildman–Crippen LogP) is 2.89. The molecule has 1 N–H and O–H groups in total. The standard InChI is InChI=1S/C15H19NSi/c1-2-17-16-15(13-9-5-3-6-10-13)14-11-7-4-8-12-14/h3-12,15-16H,2,17H2,1H3. The summed E-state index contributed by atoms with van der Waals surface area (Å²) in [5, 5.41) is 0. The Morgan fingerprint density at radius 3 is 1.76 bits per heavy atom. The van der Waals surface area contributed by atoms with Gasteiger partial charge >= 0.3 is 0 Å². The molecular formula is C15H19NSi. The third-order valence-electron chi connectivity index (χ3n) is 2.86. The van der Waals surface area contributed by atoms with Crippen LogP contribution in [0, 0.1) is 0 Å². The quantitative estimate of drug-likeness (QED) is 0.794. The summed E-state index contributed by atoms with van der Waals surface area (Å²) in [6.45, 7) is 2.26. The molecule has 0 bridgehead atoms. The summed E-state index contributed by atoms with van der Waals surface area (Å²) < 4.78 is 0. The van der Waals surface area contributed by atoms with E-state index in [0.29, 0.717) is 6.04 Å². The monoisotopic (exact) mass is 241 g/mol. The molecule has 88 valence electrons. The summed E-state index contributed by atoms with van der Waals surface area (Å²) in [5.74, 6) is 0. The molecule has 2 aromatic carbocycles. The second kappa shape index (κ2) is 6.38. The van der Waals surface area contributed by atoms with E-state index in [1.165, 1.54) is 17.2 Å². The summed E-state index contributed by atoms with van der Waals surface area (Å²) >= 11 is 0. The number of nitrogens with one attached hydrogen (secondary N) is 1. The molecular weight excluding hydrogens is 222 g/mol. The fourth-order valence-electron chi connectivity index (χ4n) is 2.01. The van der Waals surface area contributed by atoms with Crippen molar-refractivity contribution in [3.05, 3.63) is 71.8 Å². The Morgan fingerprint density at radius 2 is 1.35 bits per heavy atom. The van der Waals surface area contributed by atoms with E-state index < -0.39 is 0 Å². The van der Waals surface area contributed by atoms with Crippen LogP contribution in [0.4, 0.5) is 0 Å². The van der Waals surface area contributed by atoms with Crippen molar-refractivity contribution in [3.63, 3.8) is 0 Å². The predicted molar refractivity (Wildman–Crippen MR) is 76.9 cm³/mol. The van der Waals surface area contributed by atoms with Gasteiger partial charge in [0.25, 0.3) is 0 Å². The van der Waals surface area contributed by atoms with Crippen LogP contribution in [0.1, 0.15) is 24.1 Å². The molecule has 0 fully saturated rings. The maximum absolute atomic E-state index is 3.74. The molecule has 0 aromatic heterocycles. The Kier molecular flexibility index (Phi) is 4.53. The van der Waals surface area contributed by atoms with Crippen LogP contribution in [0.15, 0.2) is 60.7 Å². The Morgan fingerprint density at radius 1 is 0.882 bits per heavy atom. The van der Waals surface area contributed by atoms with Gasteiger partial charge in [-0.2, -0.15) is 0 Å². The average molecular weight is 241 g/mol. The Labute approximate surface area is 106 Å². The lowest BCUT2D eigenvalue weighted by Gasteiger charge is -2.19. The normalized spacial score (nSPS) is 11.4. The van der Waals surface area contributed by atoms with E-state index in [-0.39, 0.29) is 9.68 Å². The van der Waals surface area contributed by atoms with Crippen molar-refractivity contribution in [2.75, 3.05) is 0 Å². The highest BCUT2D eigenvalue weighted by Gasteiger charge is 2.11. The van der Waals surface area contributed by atoms with E-state index in [9.17, 15) is 0 Å². The Bertz CT molecular complexity index is 388. The maximum atomic E-state index is 3.74. The minimum absolute atomic E-state index is 0.163. The molecule has 0 unspecified atom stereocenters. The van der Waals surface area contributed by atoms with E-state index in [1.807, 2.05) is 0 Å². The summed E-state index contributed by atoms with van der Waals surface area (Å²) in [6.07, 6.45) is 0. The number of hydrogen-bond donors (Lipinski definition) is 1. The topological polar surface area (TPSA) is 12.0 Å². The van der Waals surface area contributed by atoms with Crippen LogP contribution < -0.4 is 4.98 Å². The molecule has 2 rings (SSSR count). The van der Waals surface area contributed by atoms with Gasteiger partial charge in [0.2, 0.25) is 0 Å². The number of hydrogen-bond acceptors (Lipinski definition) is 1. The van der Waals surface area contributed by atoms with Gasteiger partial charge in [0.05, 0.1) is 15.7 Å². The van der Waals surface area contributed by atoms with Gasteiger partial charge in [-0.3, -0.25) is 0 Å². The summed E-state index contributed by atoms with van der Waals surface area (Å²) in [6, 6.07) is 23.1. The minimum Gasteiger partial charge on any atom is -0.332 e. The van der Waals surface area contributed by atoms with E-state index in [2.05, 4.69) is 72.6 Å². The third-order valence-corrected chi connectivity index (χ3v) is 4.06. The molecule has 0 atom stereocenters. The third kappa shape index (κ3) is 3.28. The Balaban J connectivity index is 2.26. The van der Waals surface area contributed by atoms with Gasteiger partial charge in [-0.1, -0.05) is 73.6 Å². The first-order valence-electron chi connectivity index (χ1n) is 6.25. The van der Waals surface area contributed by atoms with Gasteiger partial charge in [-0.15, -0.1) is 0 Å². The first-order chi connectivity index (χ1) is 8.42. The van der Waals surface area contributed by atoms with Crippen LogP contribution in [0.25, 0.3) is 0 Å². The van der Waals surface area contributed by atoms with Gasteiger partial charge < -0.3 is 4.98 Å². The second-order valence-electron chi connectivity index (χ2n) is 4.21. The SMILES string of the molecule is CC[SiH2]NC(c1ccccc1)c1ccccc1. The first kappa shape index (κ1) is 12.1. The minimum atomic E-state index is -0.163. The molecule has 0 saturated carbocycles. The lowest BCUT2D eigenvalue weighted by Crippen LogP contribution is -2.25. The van der Waals surface area contributed by atoms with Crippen molar-refractivity contribution in [1.82, 2.24) is 4.98 Å². The molecule has 1 nitrogen and oxygen atoms in total. The zero-order valence-corrected chi connectivity index (χ0v) is 11.7. The van der Waals surface area contributed by atoms with Crippen LogP contribution in [0.2, 0.25) is 6.04 Å². The van der Waals surface area contributed by atoms with Gasteiger partial charge in [-0.25, -0.2) is 0 Å². The zero-order chi connectivity index (χ0) is 11.9. The largest absolute Gasteiger partial charge is 0.332 e. The average Bonchev–Trinajstić information content (AvgIpc) is 2.42. The molecule has 0 aliphatic rings. The van der Waals surface area contributed by atoms with E-state index in [4.69, 9.17) is 0 Å². The van der Waals surface area contributed by atoms with Crippen molar-refractivity contribution in [3.8, 4) is 0 Å². The molecule has 0 saturated heterocycles. The van der Waals surface area contributed by atoms with E-state index in [1.54, 1.807) is 0 Å². The highest BCUT2D eigenvalue weighted by molar-refractivity contribution is 6.32. The van der Waals surface area contributed by atoms with Crippen LogP contribution >= 0.6 is 0 Å². The summed E-state index contributed by atoms with van der Waals surface area (Å²) in [4.78, 5) is 3.74. The lowest BCUT2D eigenvalue weighted by molar-refractivity contribution is 0.781. The van der Waals surface area contributed by atoms with Crippen molar-refractivity contribution >= 4 is 9.68 Å². The van der Waals surface area contributed by atoms with Gasteiger partial charge in [0.15, 0.2) is 0 Å². The molecule has 2 heteroatoms. The molecule has 0 heterocycles. The smallest absolute Gasteiger partial charge is 0.0924 e. The molecule has 0 aliphatic heterocycles. The lowest BCUT2D eigenvalue weighted by atomic mass is 10.00. The first-order valence-corrected chi connectivity index (χ1v) is 7.96. The van der Waals surface area contributed by atoms with Gasteiger partial charge in [0, 0.05) is 0 Å². The van der Waals surface area contributed by atoms with Crippen LogP contribution in [0.3, 0.4) is 0 Å². The van der Waals surface area contributed by atoms with Crippen molar-refractivity contribution in [2.45, 2.75) is 19.0 Å². The summed E-state index contributed by atoms with van der Waals surface area (Å²) in [5.41, 5.74) is 2.72. The molecule has 0 spiro atoms.